The average molecular weight is 498 g/mol. The van der Waals surface area contributed by atoms with E-state index in [-0.39, 0.29) is 17.5 Å². The lowest BCUT2D eigenvalue weighted by Gasteiger charge is -2.45. The van der Waals surface area contributed by atoms with Crippen molar-refractivity contribution in [1.82, 2.24) is 0 Å². The zero-order valence-corrected chi connectivity index (χ0v) is 20.1. The summed E-state index contributed by atoms with van der Waals surface area (Å²) in [6.45, 7) is 0. The van der Waals surface area contributed by atoms with Crippen LogP contribution >= 0.6 is 15.9 Å². The third kappa shape index (κ3) is 2.81. The van der Waals surface area contributed by atoms with E-state index in [2.05, 4.69) is 51.2 Å². The highest BCUT2D eigenvalue weighted by Gasteiger charge is 2.72. The van der Waals surface area contributed by atoms with Crippen molar-refractivity contribution in [3.05, 3.63) is 64.1 Å². The first kappa shape index (κ1) is 21.5. The Labute approximate surface area is 197 Å². The smallest absolute Gasteiger partial charge is 0.325 e. The standard InChI is InChI=1S/C26H28BrNO4/c1-31-23(29)26(24(30)32-2)16-21(17-10-12-18(27)13-11-17)28-20-9-5-4-8-19(20)25(22(26)28)14-6-3-7-15-25/h4-5,8-13,21-22H,3,6-7,14-16H2,1-2H3/t21-,22+/m0/s1. The molecule has 168 valence electrons. The summed E-state index contributed by atoms with van der Waals surface area (Å²) < 4.78 is 11.7. The van der Waals surface area contributed by atoms with Gasteiger partial charge in [0.15, 0.2) is 5.41 Å². The minimum Gasteiger partial charge on any atom is -0.468 e. The molecule has 5 rings (SSSR count). The lowest BCUT2D eigenvalue weighted by Crippen LogP contribution is -2.58. The van der Waals surface area contributed by atoms with Gasteiger partial charge in [-0.2, -0.15) is 0 Å². The Morgan fingerprint density at radius 3 is 2.19 bits per heavy atom. The van der Waals surface area contributed by atoms with Gasteiger partial charge >= 0.3 is 11.9 Å². The highest BCUT2D eigenvalue weighted by molar-refractivity contribution is 9.10. The van der Waals surface area contributed by atoms with Gasteiger partial charge in [-0.3, -0.25) is 9.59 Å². The maximum atomic E-state index is 13.5. The largest absolute Gasteiger partial charge is 0.468 e. The van der Waals surface area contributed by atoms with Gasteiger partial charge in [-0.25, -0.2) is 0 Å². The van der Waals surface area contributed by atoms with Crippen LogP contribution in [0.5, 0.6) is 0 Å². The number of fused-ring (bicyclic) bond motifs is 5. The van der Waals surface area contributed by atoms with Crippen molar-refractivity contribution < 1.29 is 19.1 Å². The van der Waals surface area contributed by atoms with Gasteiger partial charge in [0, 0.05) is 22.0 Å². The molecular formula is C26H28BrNO4. The molecule has 0 amide bonds. The molecule has 2 atom stereocenters. The van der Waals surface area contributed by atoms with Crippen molar-refractivity contribution in [2.24, 2.45) is 5.41 Å². The van der Waals surface area contributed by atoms with E-state index < -0.39 is 17.4 Å². The Hall–Kier alpha value is -2.34. The van der Waals surface area contributed by atoms with Crippen LogP contribution in [0.3, 0.4) is 0 Å². The summed E-state index contributed by atoms with van der Waals surface area (Å²) in [5, 5.41) is 0. The number of benzene rings is 2. The second kappa shape index (κ2) is 7.91. The van der Waals surface area contributed by atoms with Crippen LogP contribution in [0.25, 0.3) is 0 Å². The molecule has 32 heavy (non-hydrogen) atoms. The van der Waals surface area contributed by atoms with Crippen molar-refractivity contribution >= 4 is 33.6 Å². The van der Waals surface area contributed by atoms with Gasteiger partial charge in [0.25, 0.3) is 0 Å². The highest BCUT2D eigenvalue weighted by atomic mass is 79.9. The Morgan fingerprint density at radius 1 is 0.938 bits per heavy atom. The molecule has 3 aliphatic rings. The normalized spacial score (nSPS) is 24.7. The van der Waals surface area contributed by atoms with Gasteiger partial charge in [0.2, 0.25) is 0 Å². The van der Waals surface area contributed by atoms with Crippen LogP contribution in [0.2, 0.25) is 0 Å². The Balaban J connectivity index is 1.78. The van der Waals surface area contributed by atoms with Gasteiger partial charge < -0.3 is 14.4 Å². The highest BCUT2D eigenvalue weighted by Crippen LogP contribution is 2.65. The number of carbonyl (C=O) groups is 2. The van der Waals surface area contributed by atoms with Crippen molar-refractivity contribution in [1.29, 1.82) is 0 Å². The van der Waals surface area contributed by atoms with Crippen LogP contribution in [0.1, 0.15) is 55.7 Å². The fourth-order valence-electron chi connectivity index (χ4n) is 6.77. The average Bonchev–Trinajstić information content (AvgIpc) is 3.33. The summed E-state index contributed by atoms with van der Waals surface area (Å²) in [4.78, 5) is 29.4. The first-order chi connectivity index (χ1) is 15.5. The van der Waals surface area contributed by atoms with Crippen molar-refractivity contribution in [2.45, 2.75) is 56.0 Å². The summed E-state index contributed by atoms with van der Waals surface area (Å²) in [5.74, 6) is -0.978. The quantitative estimate of drug-likeness (QED) is 0.424. The molecule has 1 aliphatic carbocycles. The summed E-state index contributed by atoms with van der Waals surface area (Å²) in [6, 6.07) is 16.2. The zero-order valence-electron chi connectivity index (χ0n) is 18.5. The molecule has 1 saturated heterocycles. The van der Waals surface area contributed by atoms with Crippen LogP contribution in [0.4, 0.5) is 5.69 Å². The summed E-state index contributed by atoms with van der Waals surface area (Å²) in [5.41, 5.74) is 1.81. The van der Waals surface area contributed by atoms with E-state index in [1.54, 1.807) is 0 Å². The minimum absolute atomic E-state index is 0.131. The fraction of sp³-hybridized carbons (Fsp3) is 0.462. The molecular weight excluding hydrogens is 470 g/mol. The van der Waals surface area contributed by atoms with Crippen LogP contribution in [0.15, 0.2) is 53.0 Å². The van der Waals surface area contributed by atoms with Gasteiger partial charge in [-0.1, -0.05) is 65.5 Å². The SMILES string of the molecule is COC(=O)C1(C(=O)OC)C[C@@H](c2ccc(Br)cc2)N2c3ccccc3C3(CCCCC3)[C@@H]21. The molecule has 2 heterocycles. The lowest BCUT2D eigenvalue weighted by molar-refractivity contribution is -0.171. The summed E-state index contributed by atoms with van der Waals surface area (Å²) in [6.07, 6.45) is 5.59. The Bertz CT molecular complexity index is 1030. The van der Waals surface area contributed by atoms with Gasteiger partial charge in [-0.15, -0.1) is 0 Å². The number of para-hydroxylation sites is 1. The zero-order chi connectivity index (χ0) is 22.5. The predicted octanol–water partition coefficient (Wildman–Crippen LogP) is 5.32. The summed E-state index contributed by atoms with van der Waals surface area (Å²) in [7, 11) is 2.75. The number of carbonyl (C=O) groups excluding carboxylic acids is 2. The van der Waals surface area contributed by atoms with E-state index in [1.807, 2.05) is 18.2 Å². The van der Waals surface area contributed by atoms with E-state index in [9.17, 15) is 9.59 Å². The van der Waals surface area contributed by atoms with E-state index in [0.29, 0.717) is 6.42 Å². The molecule has 2 aliphatic heterocycles. The molecule has 1 spiro atoms. The maximum absolute atomic E-state index is 13.5. The van der Waals surface area contributed by atoms with Crippen LogP contribution < -0.4 is 4.90 Å². The third-order valence-electron chi connectivity index (χ3n) is 7.94. The molecule has 2 aromatic rings. The van der Waals surface area contributed by atoms with Crippen molar-refractivity contribution in [3.8, 4) is 0 Å². The molecule has 0 aromatic heterocycles. The minimum atomic E-state index is -1.38. The molecule has 0 N–H and O–H groups in total. The Kier molecular flexibility index (Phi) is 5.31. The van der Waals surface area contributed by atoms with Crippen LogP contribution in [0, 0.1) is 5.41 Å². The molecule has 5 nitrogen and oxygen atoms in total. The first-order valence-corrected chi connectivity index (χ1v) is 12.1. The summed E-state index contributed by atoms with van der Waals surface area (Å²) >= 11 is 3.52. The molecule has 0 bridgehead atoms. The van der Waals surface area contributed by atoms with Crippen molar-refractivity contribution in [3.63, 3.8) is 0 Å². The number of nitrogens with zero attached hydrogens (tertiary/aromatic N) is 1. The second-order valence-electron chi connectivity index (χ2n) is 9.27. The number of hydrogen-bond acceptors (Lipinski definition) is 5. The number of anilines is 1. The van der Waals surface area contributed by atoms with Crippen LogP contribution in [-0.2, 0) is 24.5 Å². The lowest BCUT2D eigenvalue weighted by atomic mass is 9.59. The van der Waals surface area contributed by atoms with E-state index in [4.69, 9.17) is 9.47 Å². The number of rotatable bonds is 3. The molecule has 2 fully saturated rings. The topological polar surface area (TPSA) is 55.8 Å². The third-order valence-corrected chi connectivity index (χ3v) is 8.47. The molecule has 0 radical (unpaired) electrons. The van der Waals surface area contributed by atoms with Crippen LogP contribution in [-0.4, -0.2) is 32.2 Å². The molecule has 2 aromatic carbocycles. The number of esters is 2. The van der Waals surface area contributed by atoms with Gasteiger partial charge in [0.1, 0.15) is 0 Å². The van der Waals surface area contributed by atoms with Crippen molar-refractivity contribution in [2.75, 3.05) is 19.1 Å². The monoisotopic (exact) mass is 497 g/mol. The predicted molar refractivity (Wildman–Crippen MR) is 125 cm³/mol. The van der Waals surface area contributed by atoms with Gasteiger partial charge in [0.05, 0.1) is 26.3 Å². The van der Waals surface area contributed by atoms with E-state index >= 15 is 0 Å². The fourth-order valence-corrected chi connectivity index (χ4v) is 7.04. The number of hydrogen-bond donors (Lipinski definition) is 0. The van der Waals surface area contributed by atoms with E-state index in [1.165, 1.54) is 26.2 Å². The van der Waals surface area contributed by atoms with Gasteiger partial charge in [-0.05, 0) is 42.2 Å². The molecule has 0 unspecified atom stereocenters. The van der Waals surface area contributed by atoms with E-state index in [0.717, 1.165) is 41.4 Å². The number of methoxy groups -OCH3 is 2. The molecule has 6 heteroatoms. The number of halogens is 1. The molecule has 1 saturated carbocycles. The second-order valence-corrected chi connectivity index (χ2v) is 10.2. The maximum Gasteiger partial charge on any atom is 0.325 e. The first-order valence-electron chi connectivity index (χ1n) is 11.3. The Morgan fingerprint density at radius 2 is 1.56 bits per heavy atom. The number of ether oxygens (including phenoxy) is 2.